The molecule has 0 saturated heterocycles. The minimum Gasteiger partial charge on any atom is -0.480 e. The summed E-state index contributed by atoms with van der Waals surface area (Å²) in [7, 11) is 0. The standard InChI is InChI=1S/C15H22N2O5S/c1-15(2,3)22-7-6-10(14(20)21)17-12(18)9-16-13(19)11-5-4-8-23-11/h4-5,8,10H,6-7,9H2,1-3H3,(H,16,19)(H,17,18)(H,20,21). The lowest BCUT2D eigenvalue weighted by molar-refractivity contribution is -0.142. The van der Waals surface area contributed by atoms with Crippen molar-refractivity contribution in [1.29, 1.82) is 0 Å². The van der Waals surface area contributed by atoms with Crippen LogP contribution in [-0.2, 0) is 14.3 Å². The third kappa shape index (κ3) is 7.75. The maximum Gasteiger partial charge on any atom is 0.326 e. The molecule has 1 unspecified atom stereocenters. The van der Waals surface area contributed by atoms with Crippen LogP contribution in [0.2, 0.25) is 0 Å². The first-order valence-corrected chi connectivity index (χ1v) is 8.05. The first-order chi connectivity index (χ1) is 10.7. The molecule has 2 amide bonds. The molecule has 7 nitrogen and oxygen atoms in total. The number of carboxylic acids is 1. The Morgan fingerprint density at radius 2 is 2.04 bits per heavy atom. The minimum absolute atomic E-state index is 0.150. The van der Waals surface area contributed by atoms with E-state index < -0.39 is 17.9 Å². The Labute approximate surface area is 139 Å². The van der Waals surface area contributed by atoms with Crippen molar-refractivity contribution in [2.24, 2.45) is 0 Å². The highest BCUT2D eigenvalue weighted by Gasteiger charge is 2.21. The summed E-state index contributed by atoms with van der Waals surface area (Å²) in [6.45, 7) is 5.52. The zero-order valence-corrected chi connectivity index (χ0v) is 14.2. The van der Waals surface area contributed by atoms with Gasteiger partial charge in [-0.1, -0.05) is 6.07 Å². The van der Waals surface area contributed by atoms with Gasteiger partial charge in [0.15, 0.2) is 0 Å². The smallest absolute Gasteiger partial charge is 0.326 e. The van der Waals surface area contributed by atoms with Crippen molar-refractivity contribution in [3.8, 4) is 0 Å². The second kappa shape index (κ2) is 8.64. The van der Waals surface area contributed by atoms with Crippen LogP contribution in [0.1, 0.15) is 36.9 Å². The molecule has 0 fully saturated rings. The Kier molecular flexibility index (Phi) is 7.18. The zero-order chi connectivity index (χ0) is 17.5. The quantitative estimate of drug-likeness (QED) is 0.659. The maximum atomic E-state index is 11.8. The van der Waals surface area contributed by atoms with E-state index in [1.54, 1.807) is 17.5 Å². The Balaban J connectivity index is 2.39. The Morgan fingerprint density at radius 3 is 2.57 bits per heavy atom. The minimum atomic E-state index is -1.14. The third-order valence-corrected chi connectivity index (χ3v) is 3.60. The van der Waals surface area contributed by atoms with Gasteiger partial charge in [0.25, 0.3) is 5.91 Å². The Bertz CT molecular complexity index is 537. The summed E-state index contributed by atoms with van der Waals surface area (Å²) in [5, 5.41) is 15.7. The van der Waals surface area contributed by atoms with E-state index in [-0.39, 0.29) is 31.1 Å². The fourth-order valence-corrected chi connectivity index (χ4v) is 2.28. The van der Waals surface area contributed by atoms with E-state index in [2.05, 4.69) is 10.6 Å². The highest BCUT2D eigenvalue weighted by molar-refractivity contribution is 7.12. The summed E-state index contributed by atoms with van der Waals surface area (Å²) >= 11 is 1.26. The molecule has 1 heterocycles. The average molecular weight is 342 g/mol. The van der Waals surface area contributed by atoms with Gasteiger partial charge >= 0.3 is 5.97 Å². The predicted molar refractivity (Wildman–Crippen MR) is 86.5 cm³/mol. The number of carbonyl (C=O) groups excluding carboxylic acids is 2. The molecule has 0 aliphatic carbocycles. The molecule has 1 aromatic heterocycles. The fourth-order valence-electron chi connectivity index (χ4n) is 1.64. The maximum absolute atomic E-state index is 11.8. The number of hydrogen-bond acceptors (Lipinski definition) is 5. The molecule has 128 valence electrons. The van der Waals surface area contributed by atoms with Crippen LogP contribution in [-0.4, -0.2) is 47.7 Å². The van der Waals surface area contributed by atoms with Crippen LogP contribution in [0.5, 0.6) is 0 Å². The second-order valence-corrected chi connectivity index (χ2v) is 6.82. The molecule has 3 N–H and O–H groups in total. The second-order valence-electron chi connectivity index (χ2n) is 5.87. The number of carbonyl (C=O) groups is 3. The topological polar surface area (TPSA) is 105 Å². The summed E-state index contributed by atoms with van der Waals surface area (Å²) < 4.78 is 5.46. The SMILES string of the molecule is CC(C)(C)OCCC(NC(=O)CNC(=O)c1cccs1)C(=O)O. The van der Waals surface area contributed by atoms with E-state index in [0.717, 1.165) is 0 Å². The van der Waals surface area contributed by atoms with Gasteiger partial charge in [0.1, 0.15) is 6.04 Å². The molecule has 0 radical (unpaired) electrons. The first kappa shape index (κ1) is 19.1. The van der Waals surface area contributed by atoms with E-state index in [9.17, 15) is 14.4 Å². The molecule has 1 atom stereocenters. The molecule has 0 bridgehead atoms. The van der Waals surface area contributed by atoms with Crippen LogP contribution in [0.4, 0.5) is 0 Å². The number of amides is 2. The van der Waals surface area contributed by atoms with Crippen LogP contribution in [0.15, 0.2) is 17.5 Å². The van der Waals surface area contributed by atoms with Crippen molar-refractivity contribution in [3.05, 3.63) is 22.4 Å². The number of carboxylic acid groups (broad SMARTS) is 1. The van der Waals surface area contributed by atoms with Crippen molar-refractivity contribution in [2.45, 2.75) is 38.8 Å². The molecule has 23 heavy (non-hydrogen) atoms. The van der Waals surface area contributed by atoms with Crippen LogP contribution in [0.25, 0.3) is 0 Å². The molecule has 0 aromatic carbocycles. The number of aliphatic carboxylic acids is 1. The molecule has 0 aliphatic rings. The lowest BCUT2D eigenvalue weighted by Crippen LogP contribution is -2.46. The summed E-state index contributed by atoms with van der Waals surface area (Å²) in [5.74, 6) is -2.06. The van der Waals surface area contributed by atoms with E-state index in [4.69, 9.17) is 9.84 Å². The third-order valence-electron chi connectivity index (χ3n) is 2.73. The number of hydrogen-bond donors (Lipinski definition) is 3. The molecular formula is C15H22N2O5S. The average Bonchev–Trinajstić information content (AvgIpc) is 2.96. The van der Waals surface area contributed by atoms with Crippen LogP contribution in [0.3, 0.4) is 0 Å². The molecule has 0 spiro atoms. The number of nitrogens with one attached hydrogen (secondary N) is 2. The van der Waals surface area contributed by atoms with E-state index in [1.807, 2.05) is 20.8 Å². The Morgan fingerprint density at radius 1 is 1.35 bits per heavy atom. The molecule has 0 aliphatic heterocycles. The number of thiophene rings is 1. The van der Waals surface area contributed by atoms with Gasteiger partial charge in [0.05, 0.1) is 17.0 Å². The summed E-state index contributed by atoms with van der Waals surface area (Å²) in [6, 6.07) is 2.32. The van der Waals surface area contributed by atoms with Gasteiger partial charge in [-0.15, -0.1) is 11.3 Å². The van der Waals surface area contributed by atoms with Gasteiger partial charge in [-0.3, -0.25) is 9.59 Å². The summed E-state index contributed by atoms with van der Waals surface area (Å²) in [6.07, 6.45) is 0.150. The van der Waals surface area contributed by atoms with Gasteiger partial charge in [0.2, 0.25) is 5.91 Å². The van der Waals surface area contributed by atoms with Gasteiger partial charge in [0, 0.05) is 13.0 Å². The van der Waals surface area contributed by atoms with Gasteiger partial charge in [-0.2, -0.15) is 0 Å². The molecule has 8 heteroatoms. The van der Waals surface area contributed by atoms with Crippen LogP contribution >= 0.6 is 11.3 Å². The van der Waals surface area contributed by atoms with Crippen molar-refractivity contribution in [2.75, 3.05) is 13.2 Å². The monoisotopic (exact) mass is 342 g/mol. The highest BCUT2D eigenvalue weighted by Crippen LogP contribution is 2.08. The van der Waals surface area contributed by atoms with E-state index >= 15 is 0 Å². The van der Waals surface area contributed by atoms with Gasteiger partial charge in [-0.05, 0) is 32.2 Å². The first-order valence-electron chi connectivity index (χ1n) is 7.17. The zero-order valence-electron chi connectivity index (χ0n) is 13.4. The molecule has 1 rings (SSSR count). The van der Waals surface area contributed by atoms with Crippen molar-refractivity contribution < 1.29 is 24.2 Å². The van der Waals surface area contributed by atoms with Crippen molar-refractivity contribution in [1.82, 2.24) is 10.6 Å². The normalized spacial score (nSPS) is 12.5. The van der Waals surface area contributed by atoms with Crippen molar-refractivity contribution >= 4 is 29.1 Å². The molecular weight excluding hydrogens is 320 g/mol. The summed E-state index contributed by atoms with van der Waals surface area (Å²) in [4.78, 5) is 35.1. The largest absolute Gasteiger partial charge is 0.480 e. The fraction of sp³-hybridized carbons (Fsp3) is 0.533. The van der Waals surface area contributed by atoms with Crippen LogP contribution in [0, 0.1) is 0 Å². The van der Waals surface area contributed by atoms with Crippen molar-refractivity contribution in [3.63, 3.8) is 0 Å². The van der Waals surface area contributed by atoms with Gasteiger partial charge < -0.3 is 20.5 Å². The lowest BCUT2D eigenvalue weighted by Gasteiger charge is -2.21. The summed E-state index contributed by atoms with van der Waals surface area (Å²) in [5.41, 5.74) is -0.373. The van der Waals surface area contributed by atoms with Gasteiger partial charge in [-0.25, -0.2) is 4.79 Å². The predicted octanol–water partition coefficient (Wildman–Crippen LogP) is 1.25. The molecule has 1 aromatic rings. The Hall–Kier alpha value is -1.93. The highest BCUT2D eigenvalue weighted by atomic mass is 32.1. The molecule has 0 saturated carbocycles. The van der Waals surface area contributed by atoms with E-state index in [0.29, 0.717) is 4.88 Å². The lowest BCUT2D eigenvalue weighted by atomic mass is 10.1. The number of ether oxygens (including phenoxy) is 1. The van der Waals surface area contributed by atoms with Crippen LogP contribution < -0.4 is 10.6 Å². The van der Waals surface area contributed by atoms with E-state index in [1.165, 1.54) is 11.3 Å². The number of rotatable bonds is 8.